The Morgan fingerprint density at radius 2 is 1.96 bits per heavy atom. The zero-order chi connectivity index (χ0) is 19.3. The maximum absolute atomic E-state index is 5.90. The third kappa shape index (κ3) is 3.83. The molecule has 0 amide bonds. The minimum atomic E-state index is 0.713. The molecular weight excluding hydrogens is 348 g/mol. The SMILES string of the molecule is CC=Cc1ccc2ncnc(Nc3ccc(Oc4cccnc4)c(C)c3)c2c1. The average molecular weight is 368 g/mol. The molecule has 0 aliphatic heterocycles. The number of hydrogen-bond donors (Lipinski definition) is 1. The third-order valence-corrected chi connectivity index (χ3v) is 4.32. The second-order valence-electron chi connectivity index (χ2n) is 6.39. The van der Waals surface area contributed by atoms with E-state index >= 15 is 0 Å². The summed E-state index contributed by atoms with van der Waals surface area (Å²) in [6, 6.07) is 15.8. The van der Waals surface area contributed by atoms with Gasteiger partial charge in [0, 0.05) is 17.3 Å². The first-order chi connectivity index (χ1) is 13.7. The molecule has 0 spiro atoms. The van der Waals surface area contributed by atoms with E-state index in [-0.39, 0.29) is 0 Å². The van der Waals surface area contributed by atoms with Crippen molar-refractivity contribution in [2.45, 2.75) is 13.8 Å². The summed E-state index contributed by atoms with van der Waals surface area (Å²) in [6.07, 6.45) is 9.07. The van der Waals surface area contributed by atoms with Crippen LogP contribution in [0.25, 0.3) is 17.0 Å². The molecule has 0 saturated heterocycles. The number of nitrogens with one attached hydrogen (secondary N) is 1. The first-order valence-electron chi connectivity index (χ1n) is 9.06. The smallest absolute Gasteiger partial charge is 0.145 e. The fourth-order valence-corrected chi connectivity index (χ4v) is 2.98. The molecule has 2 heterocycles. The fraction of sp³-hybridized carbons (Fsp3) is 0.0870. The third-order valence-electron chi connectivity index (χ3n) is 4.32. The van der Waals surface area contributed by atoms with E-state index in [1.807, 2.05) is 62.4 Å². The van der Waals surface area contributed by atoms with Crippen LogP contribution in [0.4, 0.5) is 11.5 Å². The lowest BCUT2D eigenvalue weighted by atomic mass is 10.1. The van der Waals surface area contributed by atoms with Crippen molar-refractivity contribution in [2.24, 2.45) is 0 Å². The summed E-state index contributed by atoms with van der Waals surface area (Å²) in [5, 5.41) is 4.38. The van der Waals surface area contributed by atoms with Crippen LogP contribution in [-0.2, 0) is 0 Å². The van der Waals surface area contributed by atoms with Crippen LogP contribution < -0.4 is 10.1 Å². The molecule has 0 saturated carbocycles. The van der Waals surface area contributed by atoms with E-state index < -0.39 is 0 Å². The number of aromatic nitrogens is 3. The van der Waals surface area contributed by atoms with Gasteiger partial charge in [0.2, 0.25) is 0 Å². The molecule has 2 aromatic carbocycles. The summed E-state index contributed by atoms with van der Waals surface area (Å²) in [5.41, 5.74) is 3.97. The molecule has 1 N–H and O–H groups in total. The van der Waals surface area contributed by atoms with Crippen LogP contribution in [0.15, 0.2) is 73.3 Å². The number of fused-ring (bicyclic) bond motifs is 1. The molecule has 4 rings (SSSR count). The van der Waals surface area contributed by atoms with Crippen LogP contribution in [0.2, 0.25) is 0 Å². The Morgan fingerprint density at radius 3 is 2.75 bits per heavy atom. The fourth-order valence-electron chi connectivity index (χ4n) is 2.98. The maximum Gasteiger partial charge on any atom is 0.145 e. The Hall–Kier alpha value is -3.73. The van der Waals surface area contributed by atoms with E-state index in [1.54, 1.807) is 18.7 Å². The topological polar surface area (TPSA) is 59.9 Å². The highest BCUT2D eigenvalue weighted by Gasteiger charge is 2.07. The number of pyridine rings is 1. The molecule has 5 nitrogen and oxygen atoms in total. The number of anilines is 2. The number of rotatable bonds is 5. The lowest BCUT2D eigenvalue weighted by molar-refractivity contribution is 0.476. The molecule has 2 aromatic heterocycles. The first kappa shape index (κ1) is 17.7. The molecule has 138 valence electrons. The second kappa shape index (κ2) is 7.88. The molecule has 4 aromatic rings. The molecule has 0 atom stereocenters. The molecule has 0 aliphatic rings. The van der Waals surface area contributed by atoms with Crippen molar-refractivity contribution in [1.82, 2.24) is 15.0 Å². The Balaban J connectivity index is 1.62. The highest BCUT2D eigenvalue weighted by molar-refractivity contribution is 5.92. The number of ether oxygens (including phenoxy) is 1. The maximum atomic E-state index is 5.90. The summed E-state index contributed by atoms with van der Waals surface area (Å²) >= 11 is 0. The van der Waals surface area contributed by atoms with Crippen LogP contribution >= 0.6 is 0 Å². The van der Waals surface area contributed by atoms with Crippen molar-refractivity contribution in [2.75, 3.05) is 5.32 Å². The van der Waals surface area contributed by atoms with Gasteiger partial charge in [-0.15, -0.1) is 0 Å². The van der Waals surface area contributed by atoms with Crippen molar-refractivity contribution in [3.8, 4) is 11.5 Å². The Kier molecular flexibility index (Phi) is 4.97. The van der Waals surface area contributed by atoms with Crippen molar-refractivity contribution in [1.29, 1.82) is 0 Å². The van der Waals surface area contributed by atoms with Crippen molar-refractivity contribution >= 4 is 28.5 Å². The van der Waals surface area contributed by atoms with Gasteiger partial charge >= 0.3 is 0 Å². The van der Waals surface area contributed by atoms with Gasteiger partial charge in [0.05, 0.1) is 11.7 Å². The Labute approximate surface area is 163 Å². The number of nitrogens with zero attached hydrogens (tertiary/aromatic N) is 3. The van der Waals surface area contributed by atoms with Crippen LogP contribution in [0.5, 0.6) is 11.5 Å². The van der Waals surface area contributed by atoms with Crippen molar-refractivity contribution in [3.05, 3.63) is 84.5 Å². The van der Waals surface area contributed by atoms with E-state index in [0.29, 0.717) is 5.75 Å². The molecule has 28 heavy (non-hydrogen) atoms. The van der Waals surface area contributed by atoms with Gasteiger partial charge in [-0.1, -0.05) is 18.2 Å². The zero-order valence-corrected chi connectivity index (χ0v) is 15.8. The van der Waals surface area contributed by atoms with Gasteiger partial charge in [-0.25, -0.2) is 9.97 Å². The lowest BCUT2D eigenvalue weighted by Crippen LogP contribution is -1.97. The van der Waals surface area contributed by atoms with Gasteiger partial charge in [-0.2, -0.15) is 0 Å². The number of allylic oxidation sites excluding steroid dienone is 1. The van der Waals surface area contributed by atoms with E-state index in [2.05, 4.69) is 32.4 Å². The summed E-state index contributed by atoms with van der Waals surface area (Å²) in [4.78, 5) is 12.9. The van der Waals surface area contributed by atoms with Gasteiger partial charge in [0.1, 0.15) is 23.6 Å². The van der Waals surface area contributed by atoms with E-state index in [1.165, 1.54) is 0 Å². The molecular formula is C23H20N4O. The predicted molar refractivity (Wildman–Crippen MR) is 113 cm³/mol. The van der Waals surface area contributed by atoms with Crippen molar-refractivity contribution in [3.63, 3.8) is 0 Å². The normalized spacial score (nSPS) is 11.1. The second-order valence-corrected chi connectivity index (χ2v) is 6.39. The quantitative estimate of drug-likeness (QED) is 0.475. The summed E-state index contributed by atoms with van der Waals surface area (Å²) in [6.45, 7) is 4.02. The molecule has 0 bridgehead atoms. The first-order valence-corrected chi connectivity index (χ1v) is 9.06. The minimum Gasteiger partial charge on any atom is -0.455 e. The number of aryl methyl sites for hydroxylation is 1. The molecule has 0 aliphatic carbocycles. The highest BCUT2D eigenvalue weighted by atomic mass is 16.5. The van der Waals surface area contributed by atoms with Gasteiger partial charge in [0.15, 0.2) is 0 Å². The Morgan fingerprint density at radius 1 is 1.04 bits per heavy atom. The van der Waals surface area contributed by atoms with Crippen molar-refractivity contribution < 1.29 is 4.74 Å². The summed E-state index contributed by atoms with van der Waals surface area (Å²) < 4.78 is 5.90. The van der Waals surface area contributed by atoms with Gasteiger partial charge in [0.25, 0.3) is 0 Å². The van der Waals surface area contributed by atoms with Crippen LogP contribution in [0, 0.1) is 6.92 Å². The molecule has 5 heteroatoms. The Bertz CT molecular complexity index is 1140. The van der Waals surface area contributed by atoms with Gasteiger partial charge in [-0.3, -0.25) is 4.98 Å². The minimum absolute atomic E-state index is 0.713. The van der Waals surface area contributed by atoms with Gasteiger partial charge < -0.3 is 10.1 Å². The van der Waals surface area contributed by atoms with Crippen LogP contribution in [0.1, 0.15) is 18.1 Å². The van der Waals surface area contributed by atoms with E-state index in [9.17, 15) is 0 Å². The summed E-state index contributed by atoms with van der Waals surface area (Å²) in [5.74, 6) is 2.28. The monoisotopic (exact) mass is 368 g/mol. The van der Waals surface area contributed by atoms with Gasteiger partial charge in [-0.05, 0) is 67.4 Å². The highest BCUT2D eigenvalue weighted by Crippen LogP contribution is 2.29. The molecule has 0 fully saturated rings. The van der Waals surface area contributed by atoms with Crippen LogP contribution in [0.3, 0.4) is 0 Å². The average Bonchev–Trinajstić information content (AvgIpc) is 2.71. The van der Waals surface area contributed by atoms with E-state index in [4.69, 9.17) is 4.74 Å². The number of benzene rings is 2. The van der Waals surface area contributed by atoms with E-state index in [0.717, 1.165) is 39.3 Å². The predicted octanol–water partition coefficient (Wildman–Crippen LogP) is 5.90. The molecule has 0 radical (unpaired) electrons. The number of hydrogen-bond acceptors (Lipinski definition) is 5. The largest absolute Gasteiger partial charge is 0.455 e. The zero-order valence-electron chi connectivity index (χ0n) is 15.8. The van der Waals surface area contributed by atoms with Crippen LogP contribution in [-0.4, -0.2) is 15.0 Å². The molecule has 0 unspecified atom stereocenters. The standard InChI is InChI=1S/C23H20N4O/c1-3-5-17-7-9-21-20(13-17)23(26-15-25-21)27-18-8-10-22(16(2)12-18)28-19-6-4-11-24-14-19/h3-15H,1-2H3,(H,25,26,27). The lowest BCUT2D eigenvalue weighted by Gasteiger charge is -2.12. The summed E-state index contributed by atoms with van der Waals surface area (Å²) in [7, 11) is 0.